The first-order valence-electron chi connectivity index (χ1n) is 9.11. The lowest BCUT2D eigenvalue weighted by molar-refractivity contribution is -0.123. The van der Waals surface area contributed by atoms with Crippen LogP contribution in [0, 0.1) is 11.8 Å². The van der Waals surface area contributed by atoms with Gasteiger partial charge in [0.2, 0.25) is 5.91 Å². The second kappa shape index (κ2) is 6.16. The van der Waals surface area contributed by atoms with Crippen molar-refractivity contribution in [2.45, 2.75) is 38.6 Å². The minimum absolute atomic E-state index is 0.175. The van der Waals surface area contributed by atoms with Gasteiger partial charge in [-0.05, 0) is 57.2 Å². The fraction of sp³-hybridized carbons (Fsp3) is 0.632. The summed E-state index contributed by atoms with van der Waals surface area (Å²) in [6.07, 6.45) is 4.67. The predicted octanol–water partition coefficient (Wildman–Crippen LogP) is 2.64. The van der Waals surface area contributed by atoms with E-state index in [-0.39, 0.29) is 5.92 Å². The molecule has 4 rings (SSSR count). The quantitative estimate of drug-likeness (QED) is 0.932. The Bertz CT molecular complexity index is 584. The molecule has 2 fully saturated rings. The maximum atomic E-state index is 13.1. The Morgan fingerprint density at radius 1 is 1.17 bits per heavy atom. The number of amides is 1. The highest BCUT2D eigenvalue weighted by Crippen LogP contribution is 2.38. The van der Waals surface area contributed by atoms with Gasteiger partial charge in [0, 0.05) is 31.6 Å². The molecule has 1 saturated heterocycles. The first kappa shape index (κ1) is 15.0. The van der Waals surface area contributed by atoms with E-state index in [9.17, 15) is 4.79 Å². The molecular formula is C19H27N3O. The van der Waals surface area contributed by atoms with Crippen LogP contribution in [0.15, 0.2) is 24.3 Å². The maximum absolute atomic E-state index is 13.1. The molecule has 3 aliphatic rings. The summed E-state index contributed by atoms with van der Waals surface area (Å²) in [5.41, 5.74) is 2.37. The molecule has 4 heteroatoms. The van der Waals surface area contributed by atoms with Crippen molar-refractivity contribution in [3.05, 3.63) is 24.3 Å². The average molecular weight is 313 g/mol. The first-order chi connectivity index (χ1) is 11.2. The normalized spacial score (nSPS) is 27.7. The maximum Gasteiger partial charge on any atom is 0.230 e. The summed E-state index contributed by atoms with van der Waals surface area (Å²) in [6, 6.07) is 8.91. The molecule has 1 amide bonds. The van der Waals surface area contributed by atoms with Gasteiger partial charge < -0.3 is 15.1 Å². The van der Waals surface area contributed by atoms with Crippen LogP contribution >= 0.6 is 0 Å². The minimum atomic E-state index is 0.175. The van der Waals surface area contributed by atoms with Crippen LogP contribution in [-0.4, -0.2) is 38.1 Å². The highest BCUT2D eigenvalue weighted by atomic mass is 16.2. The second-order valence-corrected chi connectivity index (χ2v) is 7.44. The molecular weight excluding hydrogens is 286 g/mol. The number of piperidine rings is 1. The molecule has 2 aliphatic heterocycles. The molecule has 1 aliphatic carbocycles. The van der Waals surface area contributed by atoms with Gasteiger partial charge in [0.15, 0.2) is 0 Å². The third-order valence-electron chi connectivity index (χ3n) is 5.52. The number of nitrogens with one attached hydrogen (secondary N) is 1. The number of fused-ring (bicyclic) bond motifs is 1. The summed E-state index contributed by atoms with van der Waals surface area (Å²) in [4.78, 5) is 17.6. The third kappa shape index (κ3) is 3.09. The Hall–Kier alpha value is -1.55. The molecule has 23 heavy (non-hydrogen) atoms. The molecule has 0 spiro atoms. The number of para-hydroxylation sites is 2. The molecule has 0 unspecified atom stereocenters. The van der Waals surface area contributed by atoms with E-state index in [4.69, 9.17) is 0 Å². The van der Waals surface area contributed by atoms with Gasteiger partial charge >= 0.3 is 0 Å². The number of benzene rings is 1. The van der Waals surface area contributed by atoms with Gasteiger partial charge in [-0.1, -0.05) is 12.1 Å². The van der Waals surface area contributed by atoms with Crippen molar-refractivity contribution in [2.24, 2.45) is 11.8 Å². The lowest BCUT2D eigenvalue weighted by Crippen LogP contribution is -2.49. The van der Waals surface area contributed by atoms with Crippen molar-refractivity contribution in [2.75, 3.05) is 36.0 Å². The van der Waals surface area contributed by atoms with Crippen molar-refractivity contribution >= 4 is 17.3 Å². The molecule has 4 nitrogen and oxygen atoms in total. The Morgan fingerprint density at radius 3 is 2.70 bits per heavy atom. The van der Waals surface area contributed by atoms with Crippen LogP contribution in [0.4, 0.5) is 11.4 Å². The fourth-order valence-electron chi connectivity index (χ4n) is 4.03. The Morgan fingerprint density at radius 2 is 1.96 bits per heavy atom. The van der Waals surface area contributed by atoms with Crippen molar-refractivity contribution in [3.8, 4) is 0 Å². The van der Waals surface area contributed by atoms with E-state index in [0.29, 0.717) is 11.9 Å². The van der Waals surface area contributed by atoms with E-state index in [1.165, 1.54) is 18.5 Å². The van der Waals surface area contributed by atoms with Crippen LogP contribution in [-0.2, 0) is 4.79 Å². The first-order valence-corrected chi connectivity index (χ1v) is 9.11. The van der Waals surface area contributed by atoms with Gasteiger partial charge in [-0.15, -0.1) is 0 Å². The summed E-state index contributed by atoms with van der Waals surface area (Å²) >= 11 is 0. The van der Waals surface area contributed by atoms with Crippen LogP contribution in [0.2, 0.25) is 0 Å². The summed E-state index contributed by atoms with van der Waals surface area (Å²) in [5.74, 6) is 1.38. The number of nitrogens with zero attached hydrogens (tertiary/aromatic N) is 2. The standard InChI is InChI=1S/C19H27N3O/c1-14-12-16(8-9-20-14)19(23)22-11-10-21(13-15-6-7-15)17-4-2-3-5-18(17)22/h2-5,14-16,20H,6-13H2,1H3/t14-,16-/m0/s1. The van der Waals surface area contributed by atoms with Gasteiger partial charge in [-0.25, -0.2) is 0 Å². The molecule has 2 atom stereocenters. The smallest absolute Gasteiger partial charge is 0.230 e. The van der Waals surface area contributed by atoms with E-state index < -0.39 is 0 Å². The summed E-state index contributed by atoms with van der Waals surface area (Å²) in [5, 5.41) is 3.45. The molecule has 2 heterocycles. The lowest BCUT2D eigenvalue weighted by Gasteiger charge is -2.40. The predicted molar refractivity (Wildman–Crippen MR) is 93.9 cm³/mol. The van der Waals surface area contributed by atoms with Crippen LogP contribution in [0.25, 0.3) is 0 Å². The monoisotopic (exact) mass is 313 g/mol. The molecule has 1 aromatic carbocycles. The SMILES string of the molecule is C[C@H]1C[C@@H](C(=O)N2CCN(CC3CC3)c3ccccc32)CCN1. The molecule has 1 aromatic rings. The molecule has 0 radical (unpaired) electrons. The van der Waals surface area contributed by atoms with Crippen molar-refractivity contribution in [1.82, 2.24) is 5.32 Å². The van der Waals surface area contributed by atoms with Gasteiger partial charge in [0.1, 0.15) is 0 Å². The number of hydrogen-bond donors (Lipinski definition) is 1. The fourth-order valence-corrected chi connectivity index (χ4v) is 4.03. The average Bonchev–Trinajstić information content (AvgIpc) is 3.39. The minimum Gasteiger partial charge on any atom is -0.368 e. The largest absolute Gasteiger partial charge is 0.368 e. The van der Waals surface area contributed by atoms with Gasteiger partial charge in [0.25, 0.3) is 0 Å². The number of anilines is 2. The second-order valence-electron chi connectivity index (χ2n) is 7.44. The van der Waals surface area contributed by atoms with Crippen LogP contribution in [0.5, 0.6) is 0 Å². The Balaban J connectivity index is 1.55. The highest BCUT2D eigenvalue weighted by molar-refractivity contribution is 5.99. The molecule has 0 aromatic heterocycles. The number of carbonyl (C=O) groups is 1. The molecule has 124 valence electrons. The Labute approximate surface area is 138 Å². The zero-order valence-corrected chi connectivity index (χ0v) is 14.0. The van der Waals surface area contributed by atoms with Crippen LogP contribution < -0.4 is 15.1 Å². The zero-order chi connectivity index (χ0) is 15.8. The number of rotatable bonds is 3. The third-order valence-corrected chi connectivity index (χ3v) is 5.52. The molecule has 1 saturated carbocycles. The lowest BCUT2D eigenvalue weighted by atomic mass is 9.91. The van der Waals surface area contributed by atoms with E-state index in [1.807, 2.05) is 0 Å². The van der Waals surface area contributed by atoms with E-state index >= 15 is 0 Å². The topological polar surface area (TPSA) is 35.6 Å². The van der Waals surface area contributed by atoms with Gasteiger partial charge in [-0.3, -0.25) is 4.79 Å². The molecule has 0 bridgehead atoms. The highest BCUT2D eigenvalue weighted by Gasteiger charge is 2.34. The van der Waals surface area contributed by atoms with Crippen LogP contribution in [0.1, 0.15) is 32.6 Å². The summed E-state index contributed by atoms with van der Waals surface area (Å²) in [6.45, 7) is 6.10. The van der Waals surface area contributed by atoms with E-state index in [1.54, 1.807) is 0 Å². The zero-order valence-electron chi connectivity index (χ0n) is 14.0. The van der Waals surface area contributed by atoms with Crippen molar-refractivity contribution in [3.63, 3.8) is 0 Å². The van der Waals surface area contributed by atoms with Crippen LogP contribution in [0.3, 0.4) is 0 Å². The molecule has 1 N–H and O–H groups in total. The van der Waals surface area contributed by atoms with E-state index in [0.717, 1.165) is 50.6 Å². The summed E-state index contributed by atoms with van der Waals surface area (Å²) in [7, 11) is 0. The summed E-state index contributed by atoms with van der Waals surface area (Å²) < 4.78 is 0. The van der Waals surface area contributed by atoms with Gasteiger partial charge in [0.05, 0.1) is 11.4 Å². The van der Waals surface area contributed by atoms with Crippen molar-refractivity contribution < 1.29 is 4.79 Å². The number of carbonyl (C=O) groups excluding carboxylic acids is 1. The number of hydrogen-bond acceptors (Lipinski definition) is 3. The van der Waals surface area contributed by atoms with Gasteiger partial charge in [-0.2, -0.15) is 0 Å². The van der Waals surface area contributed by atoms with E-state index in [2.05, 4.69) is 46.3 Å². The van der Waals surface area contributed by atoms with Crippen molar-refractivity contribution in [1.29, 1.82) is 0 Å². The Kier molecular flexibility index (Phi) is 4.02.